The van der Waals surface area contributed by atoms with Gasteiger partial charge in [0.2, 0.25) is 0 Å². The summed E-state index contributed by atoms with van der Waals surface area (Å²) in [6.07, 6.45) is 4.13. The van der Waals surface area contributed by atoms with E-state index >= 15 is 0 Å². The van der Waals surface area contributed by atoms with Gasteiger partial charge in [0, 0.05) is 43.5 Å². The van der Waals surface area contributed by atoms with Crippen molar-refractivity contribution in [1.29, 1.82) is 0 Å². The van der Waals surface area contributed by atoms with Gasteiger partial charge in [-0.1, -0.05) is 24.3 Å². The van der Waals surface area contributed by atoms with Crippen molar-refractivity contribution in [2.45, 2.75) is 19.1 Å². The van der Waals surface area contributed by atoms with Crippen LogP contribution in [0.4, 0.5) is 0 Å². The highest BCUT2D eigenvalue weighted by molar-refractivity contribution is 5.85. The number of nitrogens with two attached hydrogens (primary N) is 1. The van der Waals surface area contributed by atoms with Crippen LogP contribution in [0.1, 0.15) is 18.5 Å². The molecule has 4 heteroatoms. The Morgan fingerprint density at radius 2 is 2.25 bits per heavy atom. The zero-order valence-corrected chi connectivity index (χ0v) is 11.8. The first-order chi connectivity index (χ1) is 9.79. The lowest BCUT2D eigenvalue weighted by Crippen LogP contribution is -2.45. The summed E-state index contributed by atoms with van der Waals surface area (Å²) in [7, 11) is 0. The van der Waals surface area contributed by atoms with Gasteiger partial charge in [-0.25, -0.2) is 0 Å². The summed E-state index contributed by atoms with van der Waals surface area (Å²) in [6.45, 7) is 5.33. The number of fused-ring (bicyclic) bond motifs is 1. The Morgan fingerprint density at radius 1 is 1.40 bits per heavy atom. The summed E-state index contributed by atoms with van der Waals surface area (Å²) < 4.78 is 5.63. The van der Waals surface area contributed by atoms with E-state index in [2.05, 4.69) is 35.0 Å². The quantitative estimate of drug-likeness (QED) is 0.927. The van der Waals surface area contributed by atoms with Gasteiger partial charge >= 0.3 is 0 Å². The molecule has 0 saturated carbocycles. The van der Waals surface area contributed by atoms with Crippen molar-refractivity contribution in [3.63, 3.8) is 0 Å². The normalized spacial score (nSPS) is 22.0. The standard InChI is InChI=1S/C16H21N3O/c1-12-11-19(6-7-20-12)16(8-17)15-10-18-9-13-4-2-3-5-14(13)15/h2-5,9-10,12,16H,6-8,11,17H2,1H3. The van der Waals surface area contributed by atoms with Gasteiger partial charge in [-0.15, -0.1) is 0 Å². The Hall–Kier alpha value is -1.49. The summed E-state index contributed by atoms with van der Waals surface area (Å²) in [5.41, 5.74) is 7.28. The van der Waals surface area contributed by atoms with Crippen LogP contribution in [0.2, 0.25) is 0 Å². The molecular weight excluding hydrogens is 250 g/mol. The molecule has 4 nitrogen and oxygen atoms in total. The molecule has 1 aliphatic heterocycles. The average molecular weight is 271 g/mol. The Labute approximate surface area is 119 Å². The number of ether oxygens (including phenoxy) is 1. The molecule has 1 aliphatic rings. The number of benzene rings is 1. The van der Waals surface area contributed by atoms with Crippen molar-refractivity contribution >= 4 is 10.8 Å². The zero-order chi connectivity index (χ0) is 13.9. The Morgan fingerprint density at radius 3 is 3.05 bits per heavy atom. The van der Waals surface area contributed by atoms with E-state index < -0.39 is 0 Å². The molecule has 0 aliphatic carbocycles. The molecule has 3 rings (SSSR count). The molecule has 2 heterocycles. The topological polar surface area (TPSA) is 51.4 Å². The van der Waals surface area contributed by atoms with Gasteiger partial charge in [0.1, 0.15) is 0 Å². The number of pyridine rings is 1. The summed E-state index contributed by atoms with van der Waals surface area (Å²) in [5, 5.41) is 2.42. The molecule has 2 unspecified atom stereocenters. The van der Waals surface area contributed by atoms with Crippen molar-refractivity contribution < 1.29 is 4.74 Å². The highest BCUT2D eigenvalue weighted by Gasteiger charge is 2.25. The second-order valence-corrected chi connectivity index (χ2v) is 5.38. The van der Waals surface area contributed by atoms with E-state index in [1.54, 1.807) is 0 Å². The van der Waals surface area contributed by atoms with Gasteiger partial charge in [-0.05, 0) is 17.9 Å². The molecule has 0 radical (unpaired) electrons. The Bertz CT molecular complexity index is 581. The SMILES string of the molecule is CC1CN(C(CN)c2cncc3ccccc23)CCO1. The van der Waals surface area contributed by atoms with Crippen LogP contribution >= 0.6 is 0 Å². The minimum absolute atomic E-state index is 0.208. The lowest BCUT2D eigenvalue weighted by Gasteiger charge is -2.37. The van der Waals surface area contributed by atoms with Crippen LogP contribution in [0.5, 0.6) is 0 Å². The monoisotopic (exact) mass is 271 g/mol. The zero-order valence-electron chi connectivity index (χ0n) is 11.8. The van der Waals surface area contributed by atoms with Crippen LogP contribution in [0.15, 0.2) is 36.7 Å². The van der Waals surface area contributed by atoms with E-state index in [-0.39, 0.29) is 12.1 Å². The van der Waals surface area contributed by atoms with Crippen LogP contribution in [0.25, 0.3) is 10.8 Å². The number of rotatable bonds is 3. The highest BCUT2D eigenvalue weighted by atomic mass is 16.5. The molecular formula is C16H21N3O. The molecule has 20 heavy (non-hydrogen) atoms. The van der Waals surface area contributed by atoms with Gasteiger partial charge in [0.15, 0.2) is 0 Å². The summed E-state index contributed by atoms with van der Waals surface area (Å²) >= 11 is 0. The molecule has 2 N–H and O–H groups in total. The van der Waals surface area contributed by atoms with E-state index in [1.807, 2.05) is 18.5 Å². The Balaban J connectivity index is 1.98. The van der Waals surface area contributed by atoms with Crippen LogP contribution in [0.3, 0.4) is 0 Å². The van der Waals surface area contributed by atoms with Crippen LogP contribution in [0, 0.1) is 0 Å². The second kappa shape index (κ2) is 5.87. The van der Waals surface area contributed by atoms with Crippen molar-refractivity contribution in [2.75, 3.05) is 26.2 Å². The maximum Gasteiger partial charge on any atom is 0.0674 e. The first-order valence-electron chi connectivity index (χ1n) is 7.18. The molecule has 0 spiro atoms. The van der Waals surface area contributed by atoms with Crippen molar-refractivity contribution in [3.8, 4) is 0 Å². The van der Waals surface area contributed by atoms with Crippen molar-refractivity contribution in [1.82, 2.24) is 9.88 Å². The summed E-state index contributed by atoms with van der Waals surface area (Å²) in [6, 6.07) is 8.57. The van der Waals surface area contributed by atoms with Crippen LogP contribution < -0.4 is 5.73 Å². The molecule has 106 valence electrons. The third kappa shape index (κ3) is 2.54. The Kier molecular flexibility index (Phi) is 3.96. The predicted octanol–water partition coefficient (Wildman–Crippen LogP) is 1.96. The van der Waals surface area contributed by atoms with Crippen molar-refractivity contribution in [3.05, 3.63) is 42.2 Å². The molecule has 0 amide bonds. The second-order valence-electron chi connectivity index (χ2n) is 5.38. The number of hydrogen-bond acceptors (Lipinski definition) is 4. The molecule has 0 bridgehead atoms. The molecule has 2 atom stereocenters. The van der Waals surface area contributed by atoms with E-state index in [9.17, 15) is 0 Å². The lowest BCUT2D eigenvalue weighted by atomic mass is 10.00. The lowest BCUT2D eigenvalue weighted by molar-refractivity contribution is -0.0331. The fourth-order valence-corrected chi connectivity index (χ4v) is 3.01. The first kappa shape index (κ1) is 13.5. The number of hydrogen-bond donors (Lipinski definition) is 1. The number of morpholine rings is 1. The maximum atomic E-state index is 6.06. The first-order valence-corrected chi connectivity index (χ1v) is 7.18. The van der Waals surface area contributed by atoms with E-state index in [0.29, 0.717) is 6.54 Å². The van der Waals surface area contributed by atoms with E-state index in [0.717, 1.165) is 19.7 Å². The van der Waals surface area contributed by atoms with Gasteiger partial charge in [-0.2, -0.15) is 0 Å². The van der Waals surface area contributed by atoms with Crippen LogP contribution in [-0.2, 0) is 4.74 Å². The summed E-state index contributed by atoms with van der Waals surface area (Å²) in [4.78, 5) is 6.80. The van der Waals surface area contributed by atoms with E-state index in [4.69, 9.17) is 10.5 Å². The minimum Gasteiger partial charge on any atom is -0.376 e. The third-order valence-electron chi connectivity index (χ3n) is 3.99. The van der Waals surface area contributed by atoms with Gasteiger partial charge < -0.3 is 10.5 Å². The van der Waals surface area contributed by atoms with Gasteiger partial charge in [0.05, 0.1) is 12.7 Å². The third-order valence-corrected chi connectivity index (χ3v) is 3.99. The molecule has 1 aromatic carbocycles. The van der Waals surface area contributed by atoms with E-state index in [1.165, 1.54) is 16.3 Å². The fraction of sp³-hybridized carbons (Fsp3) is 0.438. The minimum atomic E-state index is 0.208. The maximum absolute atomic E-state index is 6.06. The van der Waals surface area contributed by atoms with Crippen molar-refractivity contribution in [2.24, 2.45) is 5.73 Å². The predicted molar refractivity (Wildman–Crippen MR) is 80.5 cm³/mol. The number of nitrogens with zero attached hydrogens (tertiary/aromatic N) is 2. The number of aromatic nitrogens is 1. The molecule has 2 aromatic rings. The fourth-order valence-electron chi connectivity index (χ4n) is 3.01. The largest absolute Gasteiger partial charge is 0.376 e. The highest BCUT2D eigenvalue weighted by Crippen LogP contribution is 2.28. The summed E-state index contributed by atoms with van der Waals surface area (Å²) in [5.74, 6) is 0. The van der Waals surface area contributed by atoms with Crippen LogP contribution in [-0.4, -0.2) is 42.2 Å². The van der Waals surface area contributed by atoms with Gasteiger partial charge in [-0.3, -0.25) is 9.88 Å². The molecule has 1 saturated heterocycles. The smallest absolute Gasteiger partial charge is 0.0674 e. The molecule has 1 aromatic heterocycles. The van der Waals surface area contributed by atoms with Gasteiger partial charge in [0.25, 0.3) is 0 Å². The molecule has 1 fully saturated rings. The average Bonchev–Trinajstić information content (AvgIpc) is 2.48.